The molecular weight excluding hydrogens is 464 g/mol. The Morgan fingerprint density at radius 1 is 1.06 bits per heavy atom. The van der Waals surface area contributed by atoms with Gasteiger partial charge in [0.05, 0.1) is 32.5 Å². The van der Waals surface area contributed by atoms with Gasteiger partial charge in [0.2, 0.25) is 0 Å². The molecule has 1 amide bonds. The zero-order chi connectivity index (χ0) is 24.5. The van der Waals surface area contributed by atoms with E-state index in [9.17, 15) is 4.79 Å². The number of nitrogens with zero attached hydrogens (tertiary/aromatic N) is 5. The van der Waals surface area contributed by atoms with E-state index in [-0.39, 0.29) is 36.2 Å². The Morgan fingerprint density at radius 2 is 1.86 bits per heavy atom. The minimum Gasteiger partial charge on any atom is -0.423 e. The second-order valence-corrected chi connectivity index (χ2v) is 9.21. The Morgan fingerprint density at radius 3 is 2.69 bits per heavy atom. The molecule has 0 radical (unpaired) electrons. The lowest BCUT2D eigenvalue weighted by atomic mass is 10.1. The fraction of sp³-hybridized carbons (Fsp3) is 0.440. The Hall–Kier alpha value is -3.54. The van der Waals surface area contributed by atoms with Crippen LogP contribution in [-0.4, -0.2) is 83.9 Å². The summed E-state index contributed by atoms with van der Waals surface area (Å²) in [5, 5.41) is 15.1. The molecule has 0 spiro atoms. The van der Waals surface area contributed by atoms with Crippen molar-refractivity contribution in [1.82, 2.24) is 25.5 Å². The first-order chi connectivity index (χ1) is 17.7. The number of amides is 1. The summed E-state index contributed by atoms with van der Waals surface area (Å²) in [6.45, 7) is 5.78. The van der Waals surface area contributed by atoms with E-state index in [1.165, 1.54) is 0 Å². The Labute approximate surface area is 208 Å². The highest BCUT2D eigenvalue weighted by molar-refractivity contribution is 5.94. The second kappa shape index (κ2) is 9.84. The zero-order valence-corrected chi connectivity index (χ0v) is 19.9. The maximum Gasteiger partial charge on any atom is 0.341 e. The molecule has 4 heterocycles. The largest absolute Gasteiger partial charge is 0.423 e. The molecular formula is C25H28N6O5. The highest BCUT2D eigenvalue weighted by Crippen LogP contribution is 2.36. The molecule has 11 heteroatoms. The van der Waals surface area contributed by atoms with Gasteiger partial charge in [-0.15, -0.1) is 0 Å². The minimum absolute atomic E-state index is 0.150. The number of fused-ring (bicyclic) bond motifs is 1. The van der Waals surface area contributed by atoms with Crippen molar-refractivity contribution in [2.45, 2.75) is 31.2 Å². The predicted molar refractivity (Wildman–Crippen MR) is 128 cm³/mol. The molecule has 4 atom stereocenters. The first-order valence-corrected chi connectivity index (χ1v) is 12.1. The number of carbonyl (C=O) groups is 1. The number of aromatic nitrogens is 4. The number of tetrazole rings is 1. The molecule has 3 aliphatic rings. The molecule has 3 aromatic rings. The molecule has 188 valence electrons. The quantitative estimate of drug-likeness (QED) is 0.550. The van der Waals surface area contributed by atoms with Crippen LogP contribution in [0.3, 0.4) is 0 Å². The van der Waals surface area contributed by atoms with Crippen molar-refractivity contribution in [3.63, 3.8) is 0 Å². The lowest BCUT2D eigenvalue weighted by Gasteiger charge is -2.29. The molecule has 0 aliphatic carbocycles. The number of ether oxygens (including phenoxy) is 4. The van der Waals surface area contributed by atoms with Gasteiger partial charge < -0.3 is 29.2 Å². The molecule has 0 bridgehead atoms. The van der Waals surface area contributed by atoms with Gasteiger partial charge in [-0.1, -0.05) is 28.9 Å². The zero-order valence-electron chi connectivity index (χ0n) is 19.9. The molecule has 1 N–H and O–H groups in total. The van der Waals surface area contributed by atoms with Crippen molar-refractivity contribution < 1.29 is 23.7 Å². The minimum atomic E-state index is -0.307. The fourth-order valence-corrected chi connectivity index (χ4v) is 4.90. The second-order valence-electron chi connectivity index (χ2n) is 9.21. The van der Waals surface area contributed by atoms with Crippen molar-refractivity contribution in [3.8, 4) is 11.8 Å². The first-order valence-electron chi connectivity index (χ1n) is 12.1. The predicted octanol–water partition coefficient (Wildman–Crippen LogP) is 1.75. The number of anilines is 1. The van der Waals surface area contributed by atoms with E-state index < -0.39 is 0 Å². The Kier molecular flexibility index (Phi) is 6.26. The van der Waals surface area contributed by atoms with Gasteiger partial charge in [0, 0.05) is 30.4 Å². The monoisotopic (exact) mass is 492 g/mol. The summed E-state index contributed by atoms with van der Waals surface area (Å²) >= 11 is 0. The van der Waals surface area contributed by atoms with Crippen LogP contribution in [0.4, 0.5) is 5.69 Å². The summed E-state index contributed by atoms with van der Waals surface area (Å²) in [7, 11) is 0. The molecule has 11 nitrogen and oxygen atoms in total. The van der Waals surface area contributed by atoms with Crippen LogP contribution in [0.2, 0.25) is 0 Å². The molecule has 36 heavy (non-hydrogen) atoms. The topological polar surface area (TPSA) is 113 Å². The number of carbonyl (C=O) groups excluding carboxylic acids is 1. The van der Waals surface area contributed by atoms with Crippen LogP contribution in [0.5, 0.6) is 11.8 Å². The SMILES string of the molecule is Cc1ccc(C(=O)NC2COC3C2OCC3n2nnnc2Oc2cccc(N3CCOCC3)c2)cc1. The maximum atomic E-state index is 12.7. The molecule has 6 rings (SSSR count). The fourth-order valence-electron chi connectivity index (χ4n) is 4.90. The number of benzene rings is 2. The molecule has 2 aromatic carbocycles. The number of hydrogen-bond donors (Lipinski definition) is 1. The number of nitrogens with one attached hydrogen (secondary N) is 1. The van der Waals surface area contributed by atoms with Gasteiger partial charge in [-0.2, -0.15) is 4.68 Å². The van der Waals surface area contributed by atoms with Crippen LogP contribution in [0, 0.1) is 6.92 Å². The number of morpholine rings is 1. The lowest BCUT2D eigenvalue weighted by molar-refractivity contribution is 0.0606. The smallest absolute Gasteiger partial charge is 0.341 e. The first kappa shape index (κ1) is 22.9. The summed E-state index contributed by atoms with van der Waals surface area (Å²) in [5.41, 5.74) is 2.77. The summed E-state index contributed by atoms with van der Waals surface area (Å²) in [5.74, 6) is 0.490. The van der Waals surface area contributed by atoms with E-state index in [1.807, 2.05) is 55.5 Å². The van der Waals surface area contributed by atoms with E-state index in [0.29, 0.717) is 37.7 Å². The van der Waals surface area contributed by atoms with Crippen LogP contribution < -0.4 is 15.0 Å². The van der Waals surface area contributed by atoms with Crippen molar-refractivity contribution in [2.75, 3.05) is 44.4 Å². The molecule has 3 saturated heterocycles. The number of hydrogen-bond acceptors (Lipinski definition) is 9. The van der Waals surface area contributed by atoms with Crippen LogP contribution in [-0.2, 0) is 14.2 Å². The summed E-state index contributed by atoms with van der Waals surface area (Å²) in [4.78, 5) is 15.0. The van der Waals surface area contributed by atoms with Crippen LogP contribution >= 0.6 is 0 Å². The van der Waals surface area contributed by atoms with E-state index in [0.717, 1.165) is 24.3 Å². The summed E-state index contributed by atoms with van der Waals surface area (Å²) in [6, 6.07) is 15.0. The van der Waals surface area contributed by atoms with Crippen LogP contribution in [0.25, 0.3) is 0 Å². The standard InChI is InChI=1S/C25H28N6O5/c1-16-5-7-17(8-6-16)24(32)26-20-14-34-23-21(15-35-22(20)23)31-25(27-28-29-31)36-19-4-2-3-18(13-19)30-9-11-33-12-10-30/h2-8,13,20-23H,9-12,14-15H2,1H3,(H,26,32). The van der Waals surface area contributed by atoms with Gasteiger partial charge in [-0.3, -0.25) is 4.79 Å². The van der Waals surface area contributed by atoms with Gasteiger partial charge in [-0.05, 0) is 41.6 Å². The van der Waals surface area contributed by atoms with Gasteiger partial charge >= 0.3 is 6.01 Å². The van der Waals surface area contributed by atoms with Crippen molar-refractivity contribution in [3.05, 3.63) is 59.7 Å². The molecule has 3 fully saturated rings. The molecule has 1 aromatic heterocycles. The molecule has 3 aliphatic heterocycles. The van der Waals surface area contributed by atoms with Crippen molar-refractivity contribution >= 4 is 11.6 Å². The van der Waals surface area contributed by atoms with E-state index in [1.54, 1.807) is 4.68 Å². The van der Waals surface area contributed by atoms with Gasteiger partial charge in [0.15, 0.2) is 0 Å². The van der Waals surface area contributed by atoms with E-state index in [4.69, 9.17) is 18.9 Å². The third kappa shape index (κ3) is 4.52. The summed E-state index contributed by atoms with van der Waals surface area (Å²) in [6.07, 6.45) is -0.607. The maximum absolute atomic E-state index is 12.7. The normalized spacial score (nSPS) is 25.5. The average molecular weight is 493 g/mol. The Balaban J connectivity index is 1.13. The van der Waals surface area contributed by atoms with Gasteiger partial charge in [-0.25, -0.2) is 0 Å². The van der Waals surface area contributed by atoms with E-state index >= 15 is 0 Å². The van der Waals surface area contributed by atoms with Crippen LogP contribution in [0.15, 0.2) is 48.5 Å². The van der Waals surface area contributed by atoms with Gasteiger partial charge in [0.25, 0.3) is 5.91 Å². The van der Waals surface area contributed by atoms with Crippen LogP contribution in [0.1, 0.15) is 22.0 Å². The molecule has 4 unspecified atom stereocenters. The highest BCUT2D eigenvalue weighted by Gasteiger charge is 2.50. The number of aryl methyl sites for hydroxylation is 1. The van der Waals surface area contributed by atoms with E-state index in [2.05, 4.69) is 25.7 Å². The molecule has 0 saturated carbocycles. The lowest BCUT2D eigenvalue weighted by Crippen LogP contribution is -2.44. The third-order valence-corrected chi connectivity index (χ3v) is 6.84. The number of rotatable bonds is 6. The van der Waals surface area contributed by atoms with Crippen molar-refractivity contribution in [2.24, 2.45) is 0 Å². The Bertz CT molecular complexity index is 1210. The average Bonchev–Trinajstić information content (AvgIpc) is 3.63. The van der Waals surface area contributed by atoms with Gasteiger partial charge in [0.1, 0.15) is 24.0 Å². The highest BCUT2D eigenvalue weighted by atomic mass is 16.6. The third-order valence-electron chi connectivity index (χ3n) is 6.84. The van der Waals surface area contributed by atoms with Crippen molar-refractivity contribution in [1.29, 1.82) is 0 Å². The summed E-state index contributed by atoms with van der Waals surface area (Å²) < 4.78 is 25.3.